The van der Waals surface area contributed by atoms with Crippen LogP contribution in [0.15, 0.2) is 28.8 Å². The maximum atomic E-state index is 5.76. The third-order valence-corrected chi connectivity index (χ3v) is 3.34. The summed E-state index contributed by atoms with van der Waals surface area (Å²) in [6.07, 6.45) is 4.19. The topological polar surface area (TPSA) is 64.2 Å². The van der Waals surface area contributed by atoms with E-state index in [0.29, 0.717) is 5.82 Å². The molecule has 0 amide bonds. The van der Waals surface area contributed by atoms with Gasteiger partial charge in [0.2, 0.25) is 0 Å². The molecular weight excluding hydrogens is 232 g/mol. The summed E-state index contributed by atoms with van der Waals surface area (Å²) in [6.45, 7) is 2.66. The van der Waals surface area contributed by atoms with Crippen molar-refractivity contribution in [3.05, 3.63) is 40.0 Å². The first kappa shape index (κ1) is 11.7. The highest BCUT2D eigenvalue weighted by Gasteiger charge is 2.01. The number of hydrogen-bond acceptors (Lipinski definition) is 5. The zero-order valence-corrected chi connectivity index (χ0v) is 10.4. The minimum absolute atomic E-state index is 0.484. The Labute approximate surface area is 104 Å². The molecule has 0 aliphatic rings. The molecule has 5 heteroatoms. The van der Waals surface area contributed by atoms with Crippen LogP contribution in [0.3, 0.4) is 0 Å². The van der Waals surface area contributed by atoms with Crippen LogP contribution in [-0.4, -0.2) is 22.7 Å². The zero-order chi connectivity index (χ0) is 12.1. The van der Waals surface area contributed by atoms with Gasteiger partial charge in [0.25, 0.3) is 0 Å². The molecule has 2 aromatic heterocycles. The van der Waals surface area contributed by atoms with Crippen molar-refractivity contribution in [1.29, 1.82) is 0 Å². The lowest BCUT2D eigenvalue weighted by Crippen LogP contribution is -2.02. The number of aliphatic imine (C=N–C) groups is 1. The Morgan fingerprint density at radius 1 is 1.47 bits per heavy atom. The number of aryl methyl sites for hydroxylation is 1. The summed E-state index contributed by atoms with van der Waals surface area (Å²) < 4.78 is 0. The number of rotatable bonds is 4. The van der Waals surface area contributed by atoms with Crippen molar-refractivity contribution in [2.45, 2.75) is 13.3 Å². The van der Waals surface area contributed by atoms with Crippen molar-refractivity contribution in [2.24, 2.45) is 4.99 Å². The molecule has 4 nitrogen and oxygen atoms in total. The highest BCUT2D eigenvalue weighted by atomic mass is 32.1. The van der Waals surface area contributed by atoms with Gasteiger partial charge in [0.05, 0.1) is 11.3 Å². The second-order valence-electron chi connectivity index (χ2n) is 3.62. The number of hydrogen-bond donors (Lipinski definition) is 1. The van der Waals surface area contributed by atoms with Gasteiger partial charge < -0.3 is 5.73 Å². The van der Waals surface area contributed by atoms with Crippen LogP contribution in [0.5, 0.6) is 0 Å². The molecular formula is C12H14N4S. The third-order valence-electron chi connectivity index (χ3n) is 2.40. The molecule has 88 valence electrons. The number of nitrogens with two attached hydrogens (primary N) is 1. The summed E-state index contributed by atoms with van der Waals surface area (Å²) in [4.78, 5) is 13.7. The fourth-order valence-corrected chi connectivity index (χ4v) is 2.15. The predicted octanol–water partition coefficient (Wildman–Crippen LogP) is 2.09. The maximum Gasteiger partial charge on any atom is 0.135 e. The number of aromatic nitrogens is 2. The van der Waals surface area contributed by atoms with Gasteiger partial charge in [-0.25, -0.2) is 9.97 Å². The van der Waals surface area contributed by atoms with Gasteiger partial charge >= 0.3 is 0 Å². The zero-order valence-electron chi connectivity index (χ0n) is 9.63. The standard InChI is InChI=1S/C12H14N4S/c1-9-11(12(13)16-8-15-9)7-14-5-4-10-3-2-6-17-10/h2-3,6-8H,4-5H2,1H3,(H2,13,15,16). The molecule has 2 aromatic rings. The summed E-state index contributed by atoms with van der Waals surface area (Å²) in [7, 11) is 0. The van der Waals surface area contributed by atoms with Gasteiger partial charge in [0, 0.05) is 24.1 Å². The number of anilines is 1. The van der Waals surface area contributed by atoms with E-state index in [0.717, 1.165) is 24.2 Å². The minimum Gasteiger partial charge on any atom is -0.383 e. The Morgan fingerprint density at radius 3 is 3.06 bits per heavy atom. The van der Waals surface area contributed by atoms with E-state index >= 15 is 0 Å². The summed E-state index contributed by atoms with van der Waals surface area (Å²) in [5.74, 6) is 0.484. The van der Waals surface area contributed by atoms with Crippen LogP contribution >= 0.6 is 11.3 Å². The second-order valence-corrected chi connectivity index (χ2v) is 4.65. The van der Waals surface area contributed by atoms with Gasteiger partial charge in [0.15, 0.2) is 0 Å². The van der Waals surface area contributed by atoms with E-state index in [1.54, 1.807) is 17.6 Å². The molecule has 0 fully saturated rings. The smallest absolute Gasteiger partial charge is 0.135 e. The van der Waals surface area contributed by atoms with E-state index in [9.17, 15) is 0 Å². The molecule has 2 N–H and O–H groups in total. The fourth-order valence-electron chi connectivity index (χ4n) is 1.45. The lowest BCUT2D eigenvalue weighted by molar-refractivity contribution is 0.991. The first-order valence-electron chi connectivity index (χ1n) is 5.36. The van der Waals surface area contributed by atoms with Crippen molar-refractivity contribution in [3.8, 4) is 0 Å². The van der Waals surface area contributed by atoms with Crippen molar-refractivity contribution in [3.63, 3.8) is 0 Å². The second kappa shape index (κ2) is 5.54. The molecule has 0 aliphatic heterocycles. The van der Waals surface area contributed by atoms with Gasteiger partial charge in [-0.2, -0.15) is 0 Å². The van der Waals surface area contributed by atoms with Crippen molar-refractivity contribution in [2.75, 3.05) is 12.3 Å². The molecule has 0 aromatic carbocycles. The van der Waals surface area contributed by atoms with E-state index in [1.807, 2.05) is 6.92 Å². The molecule has 0 bridgehead atoms. The monoisotopic (exact) mass is 246 g/mol. The predicted molar refractivity (Wildman–Crippen MR) is 71.7 cm³/mol. The van der Waals surface area contributed by atoms with Gasteiger partial charge in [0.1, 0.15) is 12.1 Å². The van der Waals surface area contributed by atoms with Crippen LogP contribution in [-0.2, 0) is 6.42 Å². The normalized spacial score (nSPS) is 11.1. The molecule has 17 heavy (non-hydrogen) atoms. The molecule has 2 heterocycles. The Kier molecular flexibility index (Phi) is 3.82. The lowest BCUT2D eigenvalue weighted by Gasteiger charge is -2.01. The van der Waals surface area contributed by atoms with Gasteiger partial charge in [-0.05, 0) is 18.4 Å². The highest BCUT2D eigenvalue weighted by Crippen LogP contribution is 2.10. The first-order chi connectivity index (χ1) is 8.27. The Hall–Kier alpha value is -1.75. The summed E-state index contributed by atoms with van der Waals surface area (Å²) >= 11 is 1.75. The average molecular weight is 246 g/mol. The van der Waals surface area contributed by atoms with Crippen molar-refractivity contribution in [1.82, 2.24) is 9.97 Å². The van der Waals surface area contributed by atoms with E-state index in [-0.39, 0.29) is 0 Å². The molecule has 2 rings (SSSR count). The fraction of sp³-hybridized carbons (Fsp3) is 0.250. The molecule has 0 radical (unpaired) electrons. The number of nitrogen functional groups attached to an aromatic ring is 1. The summed E-state index contributed by atoms with van der Waals surface area (Å²) in [6, 6.07) is 4.17. The van der Waals surface area contributed by atoms with Crippen LogP contribution < -0.4 is 5.73 Å². The SMILES string of the molecule is Cc1ncnc(N)c1C=NCCc1cccs1. The van der Waals surface area contributed by atoms with Crippen LogP contribution in [0.1, 0.15) is 16.1 Å². The van der Waals surface area contributed by atoms with Gasteiger partial charge in [-0.15, -0.1) is 11.3 Å². The largest absolute Gasteiger partial charge is 0.383 e. The maximum absolute atomic E-state index is 5.76. The van der Waals surface area contributed by atoms with E-state index in [4.69, 9.17) is 5.73 Å². The minimum atomic E-state index is 0.484. The van der Waals surface area contributed by atoms with E-state index in [1.165, 1.54) is 11.2 Å². The van der Waals surface area contributed by atoms with Gasteiger partial charge in [-0.1, -0.05) is 6.07 Å². The molecule has 0 unspecified atom stereocenters. The molecule has 0 saturated heterocycles. The number of nitrogens with zero attached hydrogens (tertiary/aromatic N) is 3. The van der Waals surface area contributed by atoms with Crippen molar-refractivity contribution < 1.29 is 0 Å². The molecule has 0 saturated carbocycles. The molecule has 0 spiro atoms. The van der Waals surface area contributed by atoms with E-state index in [2.05, 4.69) is 32.5 Å². The van der Waals surface area contributed by atoms with Gasteiger partial charge in [-0.3, -0.25) is 4.99 Å². The lowest BCUT2D eigenvalue weighted by atomic mass is 10.2. The third kappa shape index (κ3) is 3.10. The van der Waals surface area contributed by atoms with Crippen molar-refractivity contribution >= 4 is 23.4 Å². The van der Waals surface area contributed by atoms with Crippen LogP contribution in [0.4, 0.5) is 5.82 Å². The highest BCUT2D eigenvalue weighted by molar-refractivity contribution is 7.09. The Bertz CT molecular complexity index is 485. The number of thiophene rings is 1. The molecule has 0 atom stereocenters. The van der Waals surface area contributed by atoms with Crippen LogP contribution in [0, 0.1) is 6.92 Å². The van der Waals surface area contributed by atoms with Crippen LogP contribution in [0.2, 0.25) is 0 Å². The first-order valence-corrected chi connectivity index (χ1v) is 6.24. The summed E-state index contributed by atoms with van der Waals surface area (Å²) in [5, 5.41) is 2.08. The Balaban J connectivity index is 1.96. The van der Waals surface area contributed by atoms with E-state index < -0.39 is 0 Å². The average Bonchev–Trinajstić information content (AvgIpc) is 2.80. The quantitative estimate of drug-likeness (QED) is 0.840. The molecule has 0 aliphatic carbocycles. The summed E-state index contributed by atoms with van der Waals surface area (Å²) in [5.41, 5.74) is 7.43. The Morgan fingerprint density at radius 2 is 2.35 bits per heavy atom. The van der Waals surface area contributed by atoms with Crippen LogP contribution in [0.25, 0.3) is 0 Å².